The Bertz CT molecular complexity index is 635. The standard InChI is InChI=1S/C15H23N7O2/c23-15(9-1-2-11-12(5-9)18-19-17-11)21-4-3-14-13(7-21)22-10(8-24-14)6-16-20-22/h6,9,11-14,17-19H,1-5,7-8H2/t9?,11?,12?,13-,14+/m1/s1. The predicted molar refractivity (Wildman–Crippen MR) is 83.2 cm³/mol. The highest BCUT2D eigenvalue weighted by Crippen LogP contribution is 2.33. The number of nitrogens with one attached hydrogen (secondary N) is 3. The third-order valence-corrected chi connectivity index (χ3v) is 5.95. The van der Waals surface area contributed by atoms with E-state index >= 15 is 0 Å². The Labute approximate surface area is 140 Å². The third kappa shape index (κ3) is 2.34. The van der Waals surface area contributed by atoms with Gasteiger partial charge in [0.2, 0.25) is 5.91 Å². The van der Waals surface area contributed by atoms with Crippen LogP contribution in [-0.2, 0) is 16.1 Å². The molecule has 9 nitrogen and oxygen atoms in total. The fourth-order valence-electron chi connectivity index (χ4n) is 4.59. The average Bonchev–Trinajstić information content (AvgIpc) is 3.28. The molecule has 4 aliphatic rings. The molecule has 3 N–H and O–H groups in total. The maximum atomic E-state index is 13.0. The molecule has 1 aliphatic carbocycles. The van der Waals surface area contributed by atoms with E-state index in [-0.39, 0.29) is 24.0 Å². The van der Waals surface area contributed by atoms with Gasteiger partial charge in [0.05, 0.1) is 30.6 Å². The van der Waals surface area contributed by atoms with Crippen LogP contribution in [-0.4, -0.2) is 57.1 Å². The smallest absolute Gasteiger partial charge is 0.225 e. The van der Waals surface area contributed by atoms with E-state index in [2.05, 4.69) is 26.7 Å². The highest BCUT2D eigenvalue weighted by molar-refractivity contribution is 5.79. The lowest BCUT2D eigenvalue weighted by molar-refractivity contribution is -0.143. The highest BCUT2D eigenvalue weighted by Gasteiger charge is 2.42. The molecule has 0 bridgehead atoms. The van der Waals surface area contributed by atoms with Gasteiger partial charge in [0.15, 0.2) is 0 Å². The number of likely N-dealkylation sites (tertiary alicyclic amines) is 1. The molecule has 3 unspecified atom stereocenters. The molecule has 1 aromatic rings. The lowest BCUT2D eigenvalue weighted by atomic mass is 9.82. The Morgan fingerprint density at radius 2 is 2.17 bits per heavy atom. The summed E-state index contributed by atoms with van der Waals surface area (Å²) in [6, 6.07) is 0.868. The van der Waals surface area contributed by atoms with E-state index in [0.717, 1.165) is 37.9 Å². The van der Waals surface area contributed by atoms with E-state index in [4.69, 9.17) is 4.74 Å². The molecule has 3 fully saturated rings. The zero-order valence-electron chi connectivity index (χ0n) is 13.5. The van der Waals surface area contributed by atoms with Gasteiger partial charge in [-0.3, -0.25) is 4.79 Å². The van der Waals surface area contributed by atoms with Crippen molar-refractivity contribution in [2.45, 2.75) is 56.5 Å². The van der Waals surface area contributed by atoms with Crippen molar-refractivity contribution < 1.29 is 9.53 Å². The van der Waals surface area contributed by atoms with E-state index < -0.39 is 0 Å². The summed E-state index contributed by atoms with van der Waals surface area (Å²) < 4.78 is 7.89. The number of carbonyl (C=O) groups excluding carboxylic acids is 1. The number of nitrogens with zero attached hydrogens (tertiary/aromatic N) is 4. The van der Waals surface area contributed by atoms with Gasteiger partial charge >= 0.3 is 0 Å². The SMILES string of the molecule is O=C(C1CCC2NNNC2C1)N1CC[C@@H]2OCc3cnnn3[C@@H]2C1. The summed E-state index contributed by atoms with van der Waals surface area (Å²) in [6.07, 6.45) is 5.63. The number of hydrogen-bond acceptors (Lipinski definition) is 7. The lowest BCUT2D eigenvalue weighted by Crippen LogP contribution is -2.52. The minimum Gasteiger partial charge on any atom is -0.370 e. The number of fused-ring (bicyclic) bond motifs is 4. The van der Waals surface area contributed by atoms with Crippen LogP contribution in [0.5, 0.6) is 0 Å². The molecule has 0 spiro atoms. The van der Waals surface area contributed by atoms with E-state index in [1.807, 2.05) is 9.58 Å². The Kier molecular flexibility index (Phi) is 3.55. The lowest BCUT2D eigenvalue weighted by Gasteiger charge is -2.42. The summed E-state index contributed by atoms with van der Waals surface area (Å²) >= 11 is 0. The molecule has 0 aromatic carbocycles. The zero-order chi connectivity index (χ0) is 16.1. The summed E-state index contributed by atoms with van der Waals surface area (Å²) in [4.78, 5) is 15.1. The summed E-state index contributed by atoms with van der Waals surface area (Å²) in [5.74, 6) is 0.393. The largest absolute Gasteiger partial charge is 0.370 e. The highest BCUT2D eigenvalue weighted by atomic mass is 16.5. The minimum atomic E-state index is 0.0956. The van der Waals surface area contributed by atoms with Gasteiger partial charge < -0.3 is 9.64 Å². The number of hydrazine groups is 2. The van der Waals surface area contributed by atoms with Gasteiger partial charge in [-0.2, -0.15) is 5.53 Å². The van der Waals surface area contributed by atoms with Crippen molar-refractivity contribution in [3.8, 4) is 0 Å². The molecule has 24 heavy (non-hydrogen) atoms. The first-order valence-electron chi connectivity index (χ1n) is 8.85. The maximum Gasteiger partial charge on any atom is 0.225 e. The number of amides is 1. The monoisotopic (exact) mass is 333 g/mol. The van der Waals surface area contributed by atoms with E-state index in [1.54, 1.807) is 6.20 Å². The predicted octanol–water partition coefficient (Wildman–Crippen LogP) is -0.900. The minimum absolute atomic E-state index is 0.0956. The maximum absolute atomic E-state index is 13.0. The zero-order valence-corrected chi connectivity index (χ0v) is 13.5. The molecule has 3 aliphatic heterocycles. The fraction of sp³-hybridized carbons (Fsp3) is 0.800. The van der Waals surface area contributed by atoms with E-state index in [0.29, 0.717) is 25.2 Å². The molecule has 9 heteroatoms. The molecular weight excluding hydrogens is 310 g/mol. The van der Waals surface area contributed by atoms with Crippen LogP contribution in [0.4, 0.5) is 0 Å². The first-order chi connectivity index (χ1) is 11.8. The van der Waals surface area contributed by atoms with E-state index in [9.17, 15) is 4.79 Å². The quantitative estimate of drug-likeness (QED) is 0.613. The van der Waals surface area contributed by atoms with Crippen molar-refractivity contribution in [2.75, 3.05) is 13.1 Å². The summed E-state index contributed by atoms with van der Waals surface area (Å²) in [6.45, 7) is 2.02. The molecule has 2 saturated heterocycles. The molecule has 5 rings (SSSR count). The van der Waals surface area contributed by atoms with Crippen LogP contribution in [0.25, 0.3) is 0 Å². The van der Waals surface area contributed by atoms with Crippen LogP contribution in [0.1, 0.15) is 37.4 Å². The molecule has 1 amide bonds. The fourth-order valence-corrected chi connectivity index (χ4v) is 4.59. The second kappa shape index (κ2) is 5.76. The van der Waals surface area contributed by atoms with Crippen LogP contribution in [0.2, 0.25) is 0 Å². The third-order valence-electron chi connectivity index (χ3n) is 5.95. The Morgan fingerprint density at radius 1 is 1.25 bits per heavy atom. The summed E-state index contributed by atoms with van der Waals surface area (Å²) in [5, 5.41) is 8.21. The van der Waals surface area contributed by atoms with Crippen molar-refractivity contribution in [2.24, 2.45) is 5.92 Å². The number of aromatic nitrogens is 3. The van der Waals surface area contributed by atoms with Gasteiger partial charge in [0.25, 0.3) is 0 Å². The number of hydrogen-bond donors (Lipinski definition) is 3. The molecule has 0 radical (unpaired) electrons. The summed E-state index contributed by atoms with van der Waals surface area (Å²) in [7, 11) is 0. The van der Waals surface area contributed by atoms with Gasteiger partial charge in [-0.05, 0) is 25.7 Å². The van der Waals surface area contributed by atoms with Crippen LogP contribution >= 0.6 is 0 Å². The Morgan fingerprint density at radius 3 is 3.12 bits per heavy atom. The first kappa shape index (κ1) is 14.8. The Balaban J connectivity index is 1.29. The first-order valence-corrected chi connectivity index (χ1v) is 8.85. The normalized spacial score (nSPS) is 38.3. The molecule has 130 valence electrons. The van der Waals surface area contributed by atoms with Crippen molar-refractivity contribution in [3.05, 3.63) is 11.9 Å². The van der Waals surface area contributed by atoms with Gasteiger partial charge in [-0.25, -0.2) is 15.5 Å². The number of piperidine rings is 1. The van der Waals surface area contributed by atoms with Gasteiger partial charge in [-0.15, -0.1) is 5.10 Å². The van der Waals surface area contributed by atoms with Crippen molar-refractivity contribution >= 4 is 5.91 Å². The topological polar surface area (TPSA) is 96.3 Å². The number of carbonyl (C=O) groups is 1. The van der Waals surface area contributed by atoms with Crippen molar-refractivity contribution in [1.82, 2.24) is 36.3 Å². The second-order valence-corrected chi connectivity index (χ2v) is 7.30. The Hall–Kier alpha value is -1.55. The molecule has 1 aromatic heterocycles. The molecular formula is C15H23N7O2. The second-order valence-electron chi connectivity index (χ2n) is 7.30. The molecule has 5 atom stereocenters. The van der Waals surface area contributed by atoms with Crippen LogP contribution in [0, 0.1) is 5.92 Å². The van der Waals surface area contributed by atoms with Gasteiger partial charge in [0.1, 0.15) is 0 Å². The summed E-state index contributed by atoms with van der Waals surface area (Å²) in [5.41, 5.74) is 10.4. The van der Waals surface area contributed by atoms with Crippen LogP contribution in [0.3, 0.4) is 0 Å². The average molecular weight is 333 g/mol. The number of ether oxygens (including phenoxy) is 1. The van der Waals surface area contributed by atoms with Crippen molar-refractivity contribution in [3.63, 3.8) is 0 Å². The van der Waals surface area contributed by atoms with E-state index in [1.165, 1.54) is 0 Å². The van der Waals surface area contributed by atoms with Crippen LogP contribution in [0.15, 0.2) is 6.20 Å². The van der Waals surface area contributed by atoms with Gasteiger partial charge in [0, 0.05) is 31.1 Å². The van der Waals surface area contributed by atoms with Gasteiger partial charge in [-0.1, -0.05) is 5.21 Å². The molecule has 1 saturated carbocycles. The van der Waals surface area contributed by atoms with Crippen molar-refractivity contribution in [1.29, 1.82) is 0 Å². The van der Waals surface area contributed by atoms with Crippen LogP contribution < -0.4 is 16.4 Å². The number of rotatable bonds is 1. The molecule has 4 heterocycles.